The van der Waals surface area contributed by atoms with Gasteiger partial charge in [0.15, 0.2) is 5.96 Å². The molecule has 0 heterocycles. The van der Waals surface area contributed by atoms with Crippen LogP contribution in [0.4, 0.5) is 0 Å². The number of carbonyl (C=O) groups excluding carboxylic acids is 1. The van der Waals surface area contributed by atoms with Crippen LogP contribution in [-0.2, 0) is 10.4 Å². The van der Waals surface area contributed by atoms with Crippen molar-refractivity contribution in [3.05, 3.63) is 35.9 Å². The quantitative estimate of drug-likeness (QED) is 0.536. The average Bonchev–Trinajstić information content (AvgIpc) is 3.21. The van der Waals surface area contributed by atoms with Gasteiger partial charge in [0.25, 0.3) is 0 Å². The molecule has 2 fully saturated rings. The van der Waals surface area contributed by atoms with Crippen molar-refractivity contribution in [2.24, 2.45) is 4.99 Å². The molecule has 0 bridgehead atoms. The Morgan fingerprint density at radius 2 is 1.64 bits per heavy atom. The van der Waals surface area contributed by atoms with Crippen LogP contribution >= 0.6 is 0 Å². The highest BCUT2D eigenvalue weighted by molar-refractivity contribution is 5.85. The second-order valence-corrected chi connectivity index (χ2v) is 8.39. The van der Waals surface area contributed by atoms with Crippen LogP contribution in [0.1, 0.15) is 56.9 Å². The van der Waals surface area contributed by atoms with Crippen LogP contribution in [0.2, 0.25) is 0 Å². The van der Waals surface area contributed by atoms with Gasteiger partial charge in [-0.25, -0.2) is 4.99 Å². The average molecular weight is 387 g/mol. The van der Waals surface area contributed by atoms with Gasteiger partial charge in [-0.1, -0.05) is 43.2 Å². The summed E-state index contributed by atoms with van der Waals surface area (Å²) >= 11 is 0. The van der Waals surface area contributed by atoms with Gasteiger partial charge in [-0.2, -0.15) is 0 Å². The topological polar surface area (TPSA) is 77.0 Å². The molecule has 1 aromatic carbocycles. The lowest BCUT2D eigenvalue weighted by Crippen LogP contribution is -2.49. The maximum atomic E-state index is 11.9. The van der Waals surface area contributed by atoms with E-state index in [0.717, 1.165) is 50.0 Å². The SMILES string of the molecule is CN(C)C(=O)CN=C(NC1CCCC1)NC1CCC(O)(c2ccccc2)CC1. The number of carbonyl (C=O) groups is 1. The van der Waals surface area contributed by atoms with Crippen LogP contribution in [-0.4, -0.2) is 54.6 Å². The highest BCUT2D eigenvalue weighted by Crippen LogP contribution is 2.36. The summed E-state index contributed by atoms with van der Waals surface area (Å²) in [7, 11) is 3.50. The number of hydrogen-bond acceptors (Lipinski definition) is 3. The first-order valence-corrected chi connectivity index (χ1v) is 10.5. The van der Waals surface area contributed by atoms with E-state index in [1.165, 1.54) is 12.8 Å². The second kappa shape index (κ2) is 9.41. The van der Waals surface area contributed by atoms with Crippen LogP contribution in [0.25, 0.3) is 0 Å². The van der Waals surface area contributed by atoms with Gasteiger partial charge in [0, 0.05) is 26.2 Å². The van der Waals surface area contributed by atoms with Gasteiger partial charge in [0.1, 0.15) is 6.54 Å². The Bertz CT molecular complexity index is 660. The van der Waals surface area contributed by atoms with E-state index < -0.39 is 5.60 Å². The van der Waals surface area contributed by atoms with Crippen molar-refractivity contribution in [3.63, 3.8) is 0 Å². The van der Waals surface area contributed by atoms with Crippen LogP contribution in [0.15, 0.2) is 35.3 Å². The Kier molecular flexibility index (Phi) is 6.94. The largest absolute Gasteiger partial charge is 0.385 e. The molecule has 2 aliphatic carbocycles. The standard InChI is InChI=1S/C22H34N4O2/c1-26(2)20(27)16-23-21(24-18-10-6-7-11-18)25-19-12-14-22(28,15-13-19)17-8-4-3-5-9-17/h3-5,8-9,18-19,28H,6-7,10-16H2,1-2H3,(H2,23,24,25). The first-order chi connectivity index (χ1) is 13.5. The number of amides is 1. The lowest BCUT2D eigenvalue weighted by Gasteiger charge is -2.37. The highest BCUT2D eigenvalue weighted by Gasteiger charge is 2.35. The first-order valence-electron chi connectivity index (χ1n) is 10.5. The molecule has 28 heavy (non-hydrogen) atoms. The Morgan fingerprint density at radius 1 is 1.07 bits per heavy atom. The third kappa shape index (κ3) is 5.47. The summed E-state index contributed by atoms with van der Waals surface area (Å²) in [6, 6.07) is 10.7. The Hall–Kier alpha value is -2.08. The fourth-order valence-corrected chi connectivity index (χ4v) is 4.15. The van der Waals surface area contributed by atoms with Crippen LogP contribution in [0, 0.1) is 0 Å². The molecular weight excluding hydrogens is 352 g/mol. The molecule has 0 radical (unpaired) electrons. The molecule has 0 atom stereocenters. The molecule has 154 valence electrons. The molecule has 0 aliphatic heterocycles. The third-order valence-electron chi connectivity index (χ3n) is 6.03. The number of rotatable bonds is 5. The lowest BCUT2D eigenvalue weighted by molar-refractivity contribution is -0.127. The van der Waals surface area contributed by atoms with E-state index in [1.54, 1.807) is 19.0 Å². The van der Waals surface area contributed by atoms with Crippen molar-refractivity contribution in [1.82, 2.24) is 15.5 Å². The molecule has 0 aromatic heterocycles. The van der Waals surface area contributed by atoms with Crippen molar-refractivity contribution in [3.8, 4) is 0 Å². The normalized spacial score (nSPS) is 26.1. The van der Waals surface area contributed by atoms with E-state index >= 15 is 0 Å². The summed E-state index contributed by atoms with van der Waals surface area (Å²) in [4.78, 5) is 18.1. The van der Waals surface area contributed by atoms with E-state index in [9.17, 15) is 9.90 Å². The smallest absolute Gasteiger partial charge is 0.243 e. The lowest BCUT2D eigenvalue weighted by atomic mass is 9.78. The number of guanidine groups is 1. The zero-order chi connectivity index (χ0) is 20.0. The summed E-state index contributed by atoms with van der Waals surface area (Å²) in [6.45, 7) is 0.149. The number of aliphatic hydroxyl groups is 1. The van der Waals surface area contributed by atoms with Crippen molar-refractivity contribution in [1.29, 1.82) is 0 Å². The number of benzene rings is 1. The van der Waals surface area contributed by atoms with Crippen molar-refractivity contribution in [2.45, 2.75) is 69.1 Å². The minimum atomic E-state index is -0.740. The molecule has 3 rings (SSSR count). The molecular formula is C22H34N4O2. The fraction of sp³-hybridized carbons (Fsp3) is 0.636. The van der Waals surface area contributed by atoms with E-state index in [1.807, 2.05) is 30.3 Å². The van der Waals surface area contributed by atoms with Gasteiger partial charge in [0.05, 0.1) is 5.60 Å². The van der Waals surface area contributed by atoms with Gasteiger partial charge in [-0.15, -0.1) is 0 Å². The second-order valence-electron chi connectivity index (χ2n) is 8.39. The zero-order valence-corrected chi connectivity index (χ0v) is 17.2. The maximum absolute atomic E-state index is 11.9. The summed E-state index contributed by atoms with van der Waals surface area (Å²) < 4.78 is 0. The summed E-state index contributed by atoms with van der Waals surface area (Å²) in [6.07, 6.45) is 7.99. The fourth-order valence-electron chi connectivity index (χ4n) is 4.15. The summed E-state index contributed by atoms with van der Waals surface area (Å²) in [5.41, 5.74) is 0.263. The zero-order valence-electron chi connectivity index (χ0n) is 17.2. The van der Waals surface area contributed by atoms with Crippen LogP contribution < -0.4 is 10.6 Å². The molecule has 2 saturated carbocycles. The maximum Gasteiger partial charge on any atom is 0.243 e. The number of nitrogens with zero attached hydrogens (tertiary/aromatic N) is 2. The molecule has 0 spiro atoms. The van der Waals surface area contributed by atoms with E-state index in [4.69, 9.17) is 0 Å². The first kappa shape index (κ1) is 20.6. The molecule has 3 N–H and O–H groups in total. The van der Waals surface area contributed by atoms with Crippen molar-refractivity contribution < 1.29 is 9.90 Å². The van der Waals surface area contributed by atoms with Gasteiger partial charge < -0.3 is 20.6 Å². The molecule has 6 heteroatoms. The minimum absolute atomic E-state index is 0.00498. The predicted octanol–water partition coefficient (Wildman–Crippen LogP) is 2.38. The molecule has 1 amide bonds. The number of likely N-dealkylation sites (N-methyl/N-ethyl adjacent to an activating group) is 1. The van der Waals surface area contributed by atoms with Gasteiger partial charge >= 0.3 is 0 Å². The van der Waals surface area contributed by atoms with E-state index in [0.29, 0.717) is 6.04 Å². The molecule has 6 nitrogen and oxygen atoms in total. The number of aliphatic imine (C=N–C) groups is 1. The molecule has 0 saturated heterocycles. The third-order valence-corrected chi connectivity index (χ3v) is 6.03. The summed E-state index contributed by atoms with van der Waals surface area (Å²) in [5, 5.41) is 18.1. The molecule has 1 aromatic rings. The van der Waals surface area contributed by atoms with E-state index in [-0.39, 0.29) is 18.5 Å². The molecule has 0 unspecified atom stereocenters. The minimum Gasteiger partial charge on any atom is -0.385 e. The number of nitrogens with one attached hydrogen (secondary N) is 2. The Labute approximate surface area is 168 Å². The van der Waals surface area contributed by atoms with Gasteiger partial charge in [-0.3, -0.25) is 4.79 Å². The van der Waals surface area contributed by atoms with Crippen LogP contribution in [0.3, 0.4) is 0 Å². The number of hydrogen-bond donors (Lipinski definition) is 3. The van der Waals surface area contributed by atoms with Crippen molar-refractivity contribution in [2.75, 3.05) is 20.6 Å². The van der Waals surface area contributed by atoms with Gasteiger partial charge in [0.2, 0.25) is 5.91 Å². The highest BCUT2D eigenvalue weighted by atomic mass is 16.3. The summed E-state index contributed by atoms with van der Waals surface area (Å²) in [5.74, 6) is 0.729. The Balaban J connectivity index is 1.59. The van der Waals surface area contributed by atoms with E-state index in [2.05, 4.69) is 15.6 Å². The predicted molar refractivity (Wildman–Crippen MR) is 112 cm³/mol. The van der Waals surface area contributed by atoms with Crippen LogP contribution in [0.5, 0.6) is 0 Å². The molecule has 2 aliphatic rings. The van der Waals surface area contributed by atoms with Gasteiger partial charge in [-0.05, 0) is 44.1 Å². The monoisotopic (exact) mass is 386 g/mol. The van der Waals surface area contributed by atoms with Crippen molar-refractivity contribution >= 4 is 11.9 Å². The Morgan fingerprint density at radius 3 is 2.21 bits per heavy atom.